The summed E-state index contributed by atoms with van der Waals surface area (Å²) in [4.78, 5) is 36.7. The molecule has 1 aliphatic carbocycles. The van der Waals surface area contributed by atoms with Gasteiger partial charge in [0.15, 0.2) is 0 Å². The molecule has 0 bridgehead atoms. The Kier molecular flexibility index (Phi) is 8.16. The molecule has 0 atom stereocenters. The molecule has 1 aromatic heterocycles. The third-order valence-corrected chi connectivity index (χ3v) is 5.69. The molecule has 0 unspecified atom stereocenters. The molecule has 0 fully saturated rings. The lowest BCUT2D eigenvalue weighted by Gasteiger charge is -2.18. The van der Waals surface area contributed by atoms with Gasteiger partial charge in [-0.25, -0.2) is 14.4 Å². The van der Waals surface area contributed by atoms with E-state index in [1.165, 1.54) is 0 Å². The number of aryl methyl sites for hydroxylation is 2. The van der Waals surface area contributed by atoms with Gasteiger partial charge in [0.05, 0.1) is 6.61 Å². The zero-order valence-electron chi connectivity index (χ0n) is 20.2. The number of amides is 1. The zero-order chi connectivity index (χ0) is 24.0. The van der Waals surface area contributed by atoms with Gasteiger partial charge in [0.1, 0.15) is 17.9 Å². The monoisotopic (exact) mass is 457 g/mol. The van der Waals surface area contributed by atoms with Crippen LogP contribution in [0.5, 0.6) is 5.75 Å². The van der Waals surface area contributed by atoms with Crippen LogP contribution in [-0.2, 0) is 28.8 Å². The van der Waals surface area contributed by atoms with Gasteiger partial charge in [-0.05, 0) is 54.7 Å². The lowest BCUT2D eigenvalue weighted by molar-refractivity contribution is -0.133. The fraction of sp³-hybridized carbons (Fsp3) is 0.577. The van der Waals surface area contributed by atoms with Gasteiger partial charge < -0.3 is 19.2 Å². The summed E-state index contributed by atoms with van der Waals surface area (Å²) in [5.41, 5.74) is 2.67. The highest BCUT2D eigenvalue weighted by Gasteiger charge is 2.22. The first-order valence-electron chi connectivity index (χ1n) is 11.9. The van der Waals surface area contributed by atoms with Crippen molar-refractivity contribution in [3.63, 3.8) is 0 Å². The van der Waals surface area contributed by atoms with Crippen LogP contribution >= 0.6 is 0 Å². The Morgan fingerprint density at radius 3 is 2.58 bits per heavy atom. The predicted molar refractivity (Wildman–Crippen MR) is 127 cm³/mol. The highest BCUT2D eigenvalue weighted by Crippen LogP contribution is 2.33. The average Bonchev–Trinajstić information content (AvgIpc) is 3.25. The minimum absolute atomic E-state index is 0.167. The van der Waals surface area contributed by atoms with E-state index in [0.717, 1.165) is 73.4 Å². The summed E-state index contributed by atoms with van der Waals surface area (Å²) in [6.45, 7) is 7.93. The minimum Gasteiger partial charge on any atom is -0.449 e. The number of rotatable bonds is 9. The molecule has 1 amide bonds. The molecule has 0 aliphatic heterocycles. The van der Waals surface area contributed by atoms with E-state index < -0.39 is 12.1 Å². The molecule has 3 rings (SSSR count). The summed E-state index contributed by atoms with van der Waals surface area (Å²) < 4.78 is 16.3. The number of nitrogens with one attached hydrogen (secondary N) is 1. The third-order valence-electron chi connectivity index (χ3n) is 5.69. The highest BCUT2D eigenvalue weighted by atomic mass is 16.6. The maximum atomic E-state index is 12.5. The lowest BCUT2D eigenvalue weighted by Crippen LogP contribution is -2.34. The number of ether oxygens (including phenoxy) is 2. The van der Waals surface area contributed by atoms with E-state index in [4.69, 9.17) is 13.9 Å². The molecular formula is C26H35NO6. The maximum Gasteiger partial charge on any atom is 0.407 e. The fourth-order valence-corrected chi connectivity index (χ4v) is 4.02. The molecule has 7 heteroatoms. The van der Waals surface area contributed by atoms with Gasteiger partial charge in [-0.2, -0.15) is 0 Å². The number of benzene rings is 1. The Balaban J connectivity index is 1.76. The van der Waals surface area contributed by atoms with E-state index >= 15 is 0 Å². The van der Waals surface area contributed by atoms with Crippen molar-refractivity contribution in [1.29, 1.82) is 0 Å². The summed E-state index contributed by atoms with van der Waals surface area (Å²) in [7, 11) is 0. The molecule has 180 valence electrons. The van der Waals surface area contributed by atoms with Crippen LogP contribution in [0.2, 0.25) is 0 Å². The second-order valence-electron chi connectivity index (χ2n) is 9.93. The quantitative estimate of drug-likeness (QED) is 0.244. The molecule has 1 aromatic carbocycles. The topological polar surface area (TPSA) is 94.8 Å². The number of hydrogen-bond acceptors (Lipinski definition) is 6. The van der Waals surface area contributed by atoms with Gasteiger partial charge in [-0.1, -0.05) is 47.0 Å². The SMILES string of the molecule is CCCCCCc1cc2c3c(c(=O)oc2cc1OC(=O)CNC(=O)OCC(C)(C)C)CCC3. The fourth-order valence-electron chi connectivity index (χ4n) is 4.02. The normalized spacial score (nSPS) is 13.1. The van der Waals surface area contributed by atoms with Crippen LogP contribution in [0.3, 0.4) is 0 Å². The molecule has 1 heterocycles. The largest absolute Gasteiger partial charge is 0.449 e. The second-order valence-corrected chi connectivity index (χ2v) is 9.93. The molecule has 0 radical (unpaired) electrons. The van der Waals surface area contributed by atoms with Crippen molar-refractivity contribution < 1.29 is 23.5 Å². The first-order valence-corrected chi connectivity index (χ1v) is 11.9. The van der Waals surface area contributed by atoms with Crippen molar-refractivity contribution in [2.75, 3.05) is 13.2 Å². The Labute approximate surface area is 194 Å². The number of hydrogen-bond donors (Lipinski definition) is 1. The molecule has 0 spiro atoms. The number of unbranched alkanes of at least 4 members (excludes halogenated alkanes) is 3. The van der Waals surface area contributed by atoms with Crippen molar-refractivity contribution >= 4 is 23.0 Å². The standard InChI is InChI=1S/C26H35NO6/c1-5-6-7-8-10-17-13-20-18-11-9-12-19(18)24(29)33-22(20)14-21(17)32-23(28)15-27-25(30)31-16-26(2,3)4/h13-14H,5-12,15-16H2,1-4H3,(H,27,30). The highest BCUT2D eigenvalue weighted by molar-refractivity contribution is 5.86. The Morgan fingerprint density at radius 2 is 1.85 bits per heavy atom. The van der Waals surface area contributed by atoms with E-state index in [-0.39, 0.29) is 24.2 Å². The summed E-state index contributed by atoms with van der Waals surface area (Å²) in [5, 5.41) is 3.35. The van der Waals surface area contributed by atoms with Crippen LogP contribution in [0.1, 0.15) is 76.5 Å². The number of esters is 1. The number of alkyl carbamates (subject to hydrolysis) is 1. The summed E-state index contributed by atoms with van der Waals surface area (Å²) >= 11 is 0. The van der Waals surface area contributed by atoms with E-state index in [0.29, 0.717) is 11.3 Å². The van der Waals surface area contributed by atoms with Gasteiger partial charge in [0, 0.05) is 17.0 Å². The molecule has 0 saturated carbocycles. The van der Waals surface area contributed by atoms with Crippen molar-refractivity contribution in [2.24, 2.45) is 5.41 Å². The molecule has 2 aromatic rings. The minimum atomic E-state index is -0.665. The smallest absolute Gasteiger partial charge is 0.407 e. The van der Waals surface area contributed by atoms with E-state index in [2.05, 4.69) is 12.2 Å². The predicted octanol–water partition coefficient (Wildman–Crippen LogP) is 5.08. The Hall–Kier alpha value is -2.83. The van der Waals surface area contributed by atoms with Gasteiger partial charge in [-0.3, -0.25) is 0 Å². The Morgan fingerprint density at radius 1 is 1.09 bits per heavy atom. The molecular weight excluding hydrogens is 422 g/mol. The molecule has 0 saturated heterocycles. The van der Waals surface area contributed by atoms with Crippen LogP contribution in [0.15, 0.2) is 21.3 Å². The average molecular weight is 458 g/mol. The van der Waals surface area contributed by atoms with E-state index in [9.17, 15) is 14.4 Å². The van der Waals surface area contributed by atoms with Crippen molar-refractivity contribution in [3.8, 4) is 5.75 Å². The van der Waals surface area contributed by atoms with Gasteiger partial charge >= 0.3 is 17.7 Å². The molecule has 7 nitrogen and oxygen atoms in total. The van der Waals surface area contributed by atoms with Crippen molar-refractivity contribution in [2.45, 2.75) is 79.1 Å². The van der Waals surface area contributed by atoms with Crippen molar-refractivity contribution in [3.05, 3.63) is 39.2 Å². The molecule has 1 N–H and O–H groups in total. The van der Waals surface area contributed by atoms with Gasteiger partial charge in [-0.15, -0.1) is 0 Å². The Bertz CT molecular complexity index is 1060. The maximum absolute atomic E-state index is 12.5. The first kappa shape index (κ1) is 24.8. The van der Waals surface area contributed by atoms with Crippen LogP contribution < -0.4 is 15.7 Å². The molecule has 33 heavy (non-hydrogen) atoms. The summed E-state index contributed by atoms with van der Waals surface area (Å²) in [6.07, 6.45) is 6.97. The van der Waals surface area contributed by atoms with Crippen LogP contribution in [0, 0.1) is 5.41 Å². The third kappa shape index (κ3) is 6.83. The number of fused-ring (bicyclic) bond motifs is 3. The lowest BCUT2D eigenvalue weighted by atomic mass is 9.99. The van der Waals surface area contributed by atoms with Crippen molar-refractivity contribution in [1.82, 2.24) is 5.32 Å². The zero-order valence-corrected chi connectivity index (χ0v) is 20.2. The number of carbonyl (C=O) groups excluding carboxylic acids is 2. The summed E-state index contributed by atoms with van der Waals surface area (Å²) in [5.74, 6) is -0.240. The van der Waals surface area contributed by atoms with E-state index in [1.807, 2.05) is 26.8 Å². The van der Waals surface area contributed by atoms with E-state index in [1.54, 1.807) is 6.07 Å². The second kappa shape index (κ2) is 10.9. The summed E-state index contributed by atoms with van der Waals surface area (Å²) in [6, 6.07) is 3.64. The van der Waals surface area contributed by atoms with Gasteiger partial charge in [0.2, 0.25) is 0 Å². The van der Waals surface area contributed by atoms with Crippen LogP contribution in [0.25, 0.3) is 11.0 Å². The van der Waals surface area contributed by atoms with Crippen LogP contribution in [0.4, 0.5) is 4.79 Å². The van der Waals surface area contributed by atoms with Gasteiger partial charge in [0.25, 0.3) is 0 Å². The van der Waals surface area contributed by atoms with Crippen LogP contribution in [-0.4, -0.2) is 25.2 Å². The first-order chi connectivity index (χ1) is 15.7. The number of carbonyl (C=O) groups is 2. The molecule has 1 aliphatic rings.